The first kappa shape index (κ1) is 17.6. The Hall–Kier alpha value is -0.830. The molecule has 0 saturated heterocycles. The number of hydrogen-bond donors (Lipinski definition) is 2. The largest absolute Gasteiger partial charge is 0.359 e. The molecule has 3 heteroatoms. The topological polar surface area (TPSA) is 41.1 Å². The summed E-state index contributed by atoms with van der Waals surface area (Å²) in [7, 11) is 3.55. The van der Waals surface area contributed by atoms with Gasteiger partial charge in [-0.25, -0.2) is 0 Å². The van der Waals surface area contributed by atoms with Crippen LogP contribution in [0.1, 0.15) is 40.0 Å². The molecule has 3 nitrogen and oxygen atoms in total. The lowest BCUT2D eigenvalue weighted by Gasteiger charge is -2.15. The van der Waals surface area contributed by atoms with Crippen LogP contribution in [0.15, 0.2) is 12.2 Å². The highest BCUT2D eigenvalue weighted by Gasteiger charge is 2.15. The van der Waals surface area contributed by atoms with Crippen LogP contribution in [0.4, 0.5) is 0 Å². The molecule has 0 fully saturated rings. The SMILES string of the molecule is C=C(CC)CCC(CNC)C(=O)NC.CC. The molecule has 1 atom stereocenters. The Kier molecular flexibility index (Phi) is 13.4. The lowest BCUT2D eigenvalue weighted by Crippen LogP contribution is -2.33. The van der Waals surface area contributed by atoms with Gasteiger partial charge in [0, 0.05) is 13.6 Å². The Morgan fingerprint density at radius 3 is 2.25 bits per heavy atom. The highest BCUT2D eigenvalue weighted by molar-refractivity contribution is 5.78. The van der Waals surface area contributed by atoms with Crippen molar-refractivity contribution in [3.05, 3.63) is 12.2 Å². The molecule has 0 rings (SSSR count). The second-order valence-electron chi connectivity index (χ2n) is 3.51. The van der Waals surface area contributed by atoms with Gasteiger partial charge in [0.1, 0.15) is 0 Å². The summed E-state index contributed by atoms with van der Waals surface area (Å²) in [4.78, 5) is 11.4. The number of allylic oxidation sites excluding steroid dienone is 1. The van der Waals surface area contributed by atoms with E-state index in [9.17, 15) is 4.79 Å². The Balaban J connectivity index is 0. The van der Waals surface area contributed by atoms with Gasteiger partial charge in [0.25, 0.3) is 0 Å². The maximum Gasteiger partial charge on any atom is 0.224 e. The van der Waals surface area contributed by atoms with E-state index in [1.165, 1.54) is 5.57 Å². The highest BCUT2D eigenvalue weighted by Crippen LogP contribution is 2.13. The fourth-order valence-corrected chi connectivity index (χ4v) is 1.33. The minimum atomic E-state index is 0.0632. The molecule has 0 aromatic heterocycles. The predicted molar refractivity (Wildman–Crippen MR) is 71.5 cm³/mol. The van der Waals surface area contributed by atoms with Crippen LogP contribution in [0.2, 0.25) is 0 Å². The quantitative estimate of drug-likeness (QED) is 0.657. The summed E-state index contributed by atoms with van der Waals surface area (Å²) >= 11 is 0. The van der Waals surface area contributed by atoms with Crippen LogP contribution in [0, 0.1) is 5.92 Å². The van der Waals surface area contributed by atoms with Gasteiger partial charge in [0.05, 0.1) is 5.92 Å². The van der Waals surface area contributed by atoms with Crippen LogP contribution < -0.4 is 10.6 Å². The van der Waals surface area contributed by atoms with Crippen LogP contribution in [-0.2, 0) is 4.79 Å². The lowest BCUT2D eigenvalue weighted by molar-refractivity contribution is -0.124. The molecule has 0 saturated carbocycles. The van der Waals surface area contributed by atoms with E-state index < -0.39 is 0 Å². The average Bonchev–Trinajstić information content (AvgIpc) is 2.35. The first-order chi connectivity index (χ1) is 7.65. The van der Waals surface area contributed by atoms with Gasteiger partial charge in [-0.2, -0.15) is 0 Å². The summed E-state index contributed by atoms with van der Waals surface area (Å²) in [5, 5.41) is 5.72. The van der Waals surface area contributed by atoms with Crippen molar-refractivity contribution in [2.45, 2.75) is 40.0 Å². The number of carbonyl (C=O) groups excluding carboxylic acids is 1. The van der Waals surface area contributed by atoms with E-state index in [0.717, 1.165) is 25.8 Å². The van der Waals surface area contributed by atoms with E-state index in [2.05, 4.69) is 24.1 Å². The van der Waals surface area contributed by atoms with Crippen molar-refractivity contribution in [2.24, 2.45) is 5.92 Å². The van der Waals surface area contributed by atoms with Crippen LogP contribution >= 0.6 is 0 Å². The fraction of sp³-hybridized carbons (Fsp3) is 0.769. The molecule has 0 aliphatic carbocycles. The summed E-state index contributed by atoms with van der Waals surface area (Å²) in [6.45, 7) is 10.8. The first-order valence-corrected chi connectivity index (χ1v) is 6.18. The minimum Gasteiger partial charge on any atom is -0.359 e. The Labute approximate surface area is 101 Å². The fourth-order valence-electron chi connectivity index (χ4n) is 1.33. The molecule has 0 aliphatic heterocycles. The standard InChI is InChI=1S/C11H22N2O.C2H6/c1-5-9(2)6-7-10(8-12-3)11(14)13-4;1-2/h10,12H,2,5-8H2,1,3-4H3,(H,13,14);1-2H3. The number of rotatable bonds is 7. The van der Waals surface area contributed by atoms with Gasteiger partial charge < -0.3 is 10.6 Å². The maximum atomic E-state index is 11.4. The summed E-state index contributed by atoms with van der Waals surface area (Å²) in [5.74, 6) is 0.177. The van der Waals surface area contributed by atoms with E-state index in [1.54, 1.807) is 7.05 Å². The van der Waals surface area contributed by atoms with Gasteiger partial charge >= 0.3 is 0 Å². The van der Waals surface area contributed by atoms with Gasteiger partial charge in [-0.1, -0.05) is 32.9 Å². The third-order valence-corrected chi connectivity index (χ3v) is 2.41. The molecule has 0 aromatic carbocycles. The van der Waals surface area contributed by atoms with Crippen molar-refractivity contribution in [3.63, 3.8) is 0 Å². The van der Waals surface area contributed by atoms with Gasteiger partial charge in [-0.3, -0.25) is 4.79 Å². The summed E-state index contributed by atoms with van der Waals surface area (Å²) in [6.07, 6.45) is 2.82. The summed E-state index contributed by atoms with van der Waals surface area (Å²) < 4.78 is 0. The van der Waals surface area contributed by atoms with E-state index in [-0.39, 0.29) is 11.8 Å². The van der Waals surface area contributed by atoms with Gasteiger partial charge in [-0.15, -0.1) is 0 Å². The molecule has 0 aliphatic rings. The Morgan fingerprint density at radius 2 is 1.88 bits per heavy atom. The monoisotopic (exact) mass is 228 g/mol. The summed E-state index contributed by atoms with van der Waals surface area (Å²) in [5.41, 5.74) is 1.22. The van der Waals surface area contributed by atoms with E-state index in [4.69, 9.17) is 0 Å². The van der Waals surface area contributed by atoms with Crippen LogP contribution in [-0.4, -0.2) is 26.5 Å². The van der Waals surface area contributed by atoms with Crippen molar-refractivity contribution < 1.29 is 4.79 Å². The van der Waals surface area contributed by atoms with Crippen molar-refractivity contribution in [2.75, 3.05) is 20.6 Å². The summed E-state index contributed by atoms with van der Waals surface area (Å²) in [6, 6.07) is 0. The zero-order valence-corrected chi connectivity index (χ0v) is 11.5. The molecule has 0 bridgehead atoms. The smallest absolute Gasteiger partial charge is 0.224 e. The predicted octanol–water partition coefficient (Wildman–Crippen LogP) is 2.34. The van der Waals surface area contributed by atoms with Gasteiger partial charge in [0.15, 0.2) is 0 Å². The molecule has 0 spiro atoms. The molecule has 96 valence electrons. The highest BCUT2D eigenvalue weighted by atomic mass is 16.1. The third-order valence-electron chi connectivity index (χ3n) is 2.41. The second kappa shape index (κ2) is 12.2. The molecule has 0 heterocycles. The van der Waals surface area contributed by atoms with Crippen molar-refractivity contribution in [3.8, 4) is 0 Å². The van der Waals surface area contributed by atoms with E-state index in [0.29, 0.717) is 0 Å². The zero-order valence-electron chi connectivity index (χ0n) is 11.5. The third kappa shape index (κ3) is 8.48. The molecule has 1 unspecified atom stereocenters. The van der Waals surface area contributed by atoms with Gasteiger partial charge in [-0.05, 0) is 26.3 Å². The molecular formula is C13H28N2O. The average molecular weight is 228 g/mol. The zero-order chi connectivity index (χ0) is 13.0. The number of nitrogens with one attached hydrogen (secondary N) is 2. The number of amides is 1. The number of carbonyl (C=O) groups is 1. The Morgan fingerprint density at radius 1 is 1.31 bits per heavy atom. The van der Waals surface area contributed by atoms with E-state index in [1.807, 2.05) is 20.9 Å². The van der Waals surface area contributed by atoms with Crippen LogP contribution in [0.3, 0.4) is 0 Å². The normalized spacial score (nSPS) is 11.1. The van der Waals surface area contributed by atoms with Crippen molar-refractivity contribution in [1.82, 2.24) is 10.6 Å². The first-order valence-electron chi connectivity index (χ1n) is 6.18. The molecule has 2 N–H and O–H groups in total. The minimum absolute atomic E-state index is 0.0632. The van der Waals surface area contributed by atoms with Crippen molar-refractivity contribution >= 4 is 5.91 Å². The second-order valence-corrected chi connectivity index (χ2v) is 3.51. The van der Waals surface area contributed by atoms with Crippen LogP contribution in [0.25, 0.3) is 0 Å². The molecule has 0 aromatic rings. The van der Waals surface area contributed by atoms with Crippen LogP contribution in [0.5, 0.6) is 0 Å². The lowest BCUT2D eigenvalue weighted by atomic mass is 9.98. The molecule has 1 amide bonds. The van der Waals surface area contributed by atoms with Gasteiger partial charge in [0.2, 0.25) is 5.91 Å². The molecule has 0 radical (unpaired) electrons. The molecule has 16 heavy (non-hydrogen) atoms. The maximum absolute atomic E-state index is 11.4. The van der Waals surface area contributed by atoms with Crippen molar-refractivity contribution in [1.29, 1.82) is 0 Å². The number of hydrogen-bond acceptors (Lipinski definition) is 2. The van der Waals surface area contributed by atoms with E-state index >= 15 is 0 Å². The Bertz CT molecular complexity index is 190. The molecular weight excluding hydrogens is 200 g/mol.